The van der Waals surface area contributed by atoms with Crippen molar-refractivity contribution >= 4 is 12.2 Å². The molecule has 1 amide bonds. The van der Waals surface area contributed by atoms with Gasteiger partial charge < -0.3 is 29.7 Å². The molecule has 0 unspecified atom stereocenters. The topological polar surface area (TPSA) is 79.0 Å². The molecule has 0 saturated carbocycles. The number of amides is 1. The zero-order valence-electron chi connectivity index (χ0n) is 6.68. The zero-order chi connectivity index (χ0) is 8.41. The third-order valence-corrected chi connectivity index (χ3v) is 0.551. The summed E-state index contributed by atoms with van der Waals surface area (Å²) in [6.45, 7) is 5.73. The maximum absolute atomic E-state index is 10.1. The molecule has 0 aromatic heterocycles. The van der Waals surface area contributed by atoms with Gasteiger partial charge in [-0.1, -0.05) is 0 Å². The van der Waals surface area contributed by atoms with Crippen LogP contribution >= 0.6 is 0 Å². The van der Waals surface area contributed by atoms with Gasteiger partial charge in [-0.15, -0.1) is 0 Å². The molecule has 5 heteroatoms. The van der Waals surface area contributed by atoms with Crippen LogP contribution in [0.25, 0.3) is 0 Å². The van der Waals surface area contributed by atoms with E-state index in [1.54, 1.807) is 0 Å². The molecule has 4 N–H and O–H groups in total. The van der Waals surface area contributed by atoms with Gasteiger partial charge in [-0.2, -0.15) is 6.42 Å². The van der Waals surface area contributed by atoms with Gasteiger partial charge >= 0.3 is 0 Å². The summed E-state index contributed by atoms with van der Waals surface area (Å²) in [5.41, 5.74) is 4.26. The third-order valence-electron chi connectivity index (χ3n) is 0.551. The van der Waals surface area contributed by atoms with Crippen LogP contribution < -0.4 is 11.1 Å². The van der Waals surface area contributed by atoms with E-state index in [-0.39, 0.29) is 38.6 Å². The maximum atomic E-state index is 10.1. The van der Waals surface area contributed by atoms with Crippen LogP contribution in [-0.2, 0) is 37.5 Å². The normalized spacial score (nSPS) is 6.36. The van der Waals surface area contributed by atoms with Gasteiger partial charge in [0, 0.05) is 39.6 Å². The first-order valence-electron chi connectivity index (χ1n) is 2.85. The van der Waals surface area contributed by atoms with E-state index in [0.29, 0.717) is 6.54 Å². The number of hydrogen-bond donors (Lipinski definition) is 3. The molecule has 0 aliphatic heterocycles. The van der Waals surface area contributed by atoms with Gasteiger partial charge in [0.2, 0.25) is 5.91 Å². The van der Waals surface area contributed by atoms with E-state index in [9.17, 15) is 4.79 Å². The molecule has 0 heterocycles. The van der Waals surface area contributed by atoms with E-state index in [1.165, 1.54) is 13.3 Å². The largest absolute Gasteiger partial charge is 0.563 e. The Morgan fingerprint density at radius 2 is 2.18 bits per heavy atom. The van der Waals surface area contributed by atoms with E-state index in [0.717, 1.165) is 6.42 Å². The van der Waals surface area contributed by atoms with Crippen molar-refractivity contribution in [3.63, 3.8) is 0 Å². The van der Waals surface area contributed by atoms with Crippen molar-refractivity contribution in [2.75, 3.05) is 6.54 Å². The van der Waals surface area contributed by atoms with Crippen LogP contribution in [-0.4, -0.2) is 18.8 Å². The first kappa shape index (κ1) is 17.2. The summed E-state index contributed by atoms with van der Waals surface area (Å²) < 4.78 is 0. The Kier molecular flexibility index (Phi) is 25.9. The van der Waals surface area contributed by atoms with E-state index in [2.05, 4.69) is 18.0 Å². The Balaban J connectivity index is -0.000000140. The molecule has 0 aromatic carbocycles. The Morgan fingerprint density at radius 1 is 1.82 bits per heavy atom. The summed E-state index contributed by atoms with van der Waals surface area (Å²) in [4.78, 5) is 10.1. The van der Waals surface area contributed by atoms with Crippen molar-refractivity contribution in [3.05, 3.63) is 6.92 Å². The summed E-state index contributed by atoms with van der Waals surface area (Å²) in [6.07, 6.45) is 2.26. The fourth-order valence-electron chi connectivity index (χ4n) is 0.264. The molecular weight excluding hydrogens is 219 g/mol. The molecule has 63 valence electrons. The Morgan fingerprint density at radius 3 is 2.27 bits per heavy atom. The molecule has 0 aliphatic carbocycles. The van der Waals surface area contributed by atoms with Crippen LogP contribution in [0.3, 0.4) is 0 Å². The molecule has 4 nitrogen and oxygen atoms in total. The fourth-order valence-corrected chi connectivity index (χ4v) is 0.264. The molecule has 0 fully saturated rings. The minimum absolute atomic E-state index is 0. The monoisotopic (exact) mass is 232 g/mol. The summed E-state index contributed by atoms with van der Waals surface area (Å²) in [7, 11) is 0. The molecule has 0 aromatic rings. The molecule has 0 atom stereocenters. The van der Waals surface area contributed by atoms with E-state index in [1.807, 2.05) is 0 Å². The molecule has 11 heavy (non-hydrogen) atoms. The minimum Gasteiger partial charge on any atom is -0.563 e. The van der Waals surface area contributed by atoms with Crippen LogP contribution in [0.1, 0.15) is 13.3 Å². The number of nitrogens with one attached hydrogen (secondary N) is 2. The first-order valence-corrected chi connectivity index (χ1v) is 2.85. The van der Waals surface area contributed by atoms with Crippen molar-refractivity contribution in [1.29, 1.82) is 5.41 Å². The molecule has 0 aliphatic rings. The molecular formula is C6H13N3OY-2. The predicted octanol–water partition coefficient (Wildman–Crippen LogP) is -0.227. The van der Waals surface area contributed by atoms with Gasteiger partial charge in [0.15, 0.2) is 0 Å². The summed E-state index contributed by atoms with van der Waals surface area (Å²) >= 11 is 0. The van der Waals surface area contributed by atoms with E-state index in [4.69, 9.17) is 5.41 Å². The second-order valence-corrected chi connectivity index (χ2v) is 1.48. The van der Waals surface area contributed by atoms with Gasteiger partial charge in [0.05, 0.1) is 0 Å². The summed E-state index contributed by atoms with van der Waals surface area (Å²) in [5, 5.41) is 8.33. The number of carbonyl (C=O) groups excluding carboxylic acids is 1. The van der Waals surface area contributed by atoms with E-state index >= 15 is 0 Å². The molecule has 0 rings (SSSR count). The van der Waals surface area contributed by atoms with Crippen molar-refractivity contribution in [3.8, 4) is 0 Å². The number of hydrogen-bond acceptors (Lipinski definition) is 2. The number of nitrogens with two attached hydrogens (primary N) is 1. The van der Waals surface area contributed by atoms with E-state index < -0.39 is 0 Å². The van der Waals surface area contributed by atoms with Gasteiger partial charge in [-0.25, -0.2) is 0 Å². The Bertz CT molecular complexity index is 97.8. The molecule has 1 radical (unpaired) electrons. The van der Waals surface area contributed by atoms with Crippen LogP contribution in [0, 0.1) is 12.3 Å². The Hall–Kier alpha value is 0.0439. The van der Waals surface area contributed by atoms with Crippen molar-refractivity contribution < 1.29 is 37.5 Å². The average molecular weight is 232 g/mol. The number of carbonyl (C=O) groups is 1. The Labute approximate surface area is 92.7 Å². The third kappa shape index (κ3) is 39.7. The zero-order valence-corrected chi connectivity index (χ0v) is 9.52. The van der Waals surface area contributed by atoms with Gasteiger partial charge in [-0.05, 0) is 6.54 Å². The van der Waals surface area contributed by atoms with Crippen molar-refractivity contribution in [2.24, 2.45) is 5.73 Å². The van der Waals surface area contributed by atoms with Gasteiger partial charge in [0.1, 0.15) is 0 Å². The number of rotatable bonds is 2. The van der Waals surface area contributed by atoms with Crippen LogP contribution in [0.4, 0.5) is 0 Å². The molecule has 0 saturated heterocycles. The summed E-state index contributed by atoms with van der Waals surface area (Å²) in [5.74, 6) is 0.0173. The van der Waals surface area contributed by atoms with Crippen LogP contribution in [0.2, 0.25) is 0 Å². The standard InChI is InChI=1S/C5H10NO.CH3N2.Y/c1-3-4-6-5(2)7;2-1-3;/h1,3-4H2,2H3,(H,6,7);(H3,2,3);/q2*-1;. The first-order chi connectivity index (χ1) is 4.68. The van der Waals surface area contributed by atoms with Crippen LogP contribution in [0.15, 0.2) is 0 Å². The minimum atomic E-state index is 0. The van der Waals surface area contributed by atoms with Gasteiger partial charge in [-0.3, -0.25) is 4.79 Å². The maximum Gasteiger partial charge on any atom is 0.216 e. The SMILES string of the molecule is N=[C-]N.[CH2-]CCNC(C)=O.[Y]. The predicted molar refractivity (Wildman–Crippen MR) is 40.6 cm³/mol. The fraction of sp³-hybridized carbons (Fsp3) is 0.500. The second-order valence-electron chi connectivity index (χ2n) is 1.48. The molecule has 0 spiro atoms. The second kappa shape index (κ2) is 16.6. The quantitative estimate of drug-likeness (QED) is 0.266. The molecule has 0 bridgehead atoms. The smallest absolute Gasteiger partial charge is 0.216 e. The van der Waals surface area contributed by atoms with Crippen molar-refractivity contribution in [1.82, 2.24) is 5.32 Å². The summed E-state index contributed by atoms with van der Waals surface area (Å²) in [6, 6.07) is 0. The van der Waals surface area contributed by atoms with Crippen LogP contribution in [0.5, 0.6) is 0 Å². The van der Waals surface area contributed by atoms with Gasteiger partial charge in [0.25, 0.3) is 0 Å². The van der Waals surface area contributed by atoms with Crippen molar-refractivity contribution in [2.45, 2.75) is 13.3 Å². The average Bonchev–Trinajstić information content (AvgIpc) is 1.85.